The Balaban J connectivity index is -0.00000113. The van der Waals surface area contributed by atoms with E-state index in [-0.39, 0.29) is 36.7 Å². The maximum atomic E-state index is 13.1. The Morgan fingerprint density at radius 2 is 1.45 bits per heavy atom. The van der Waals surface area contributed by atoms with Crippen LogP contribution in [0.3, 0.4) is 0 Å². The molecule has 0 aromatic carbocycles. The van der Waals surface area contributed by atoms with Gasteiger partial charge < -0.3 is 14.6 Å². The summed E-state index contributed by atoms with van der Waals surface area (Å²) in [7, 11) is 0. The number of rotatable bonds is 14. The van der Waals surface area contributed by atoms with Crippen molar-refractivity contribution in [1.82, 2.24) is 0 Å². The maximum Gasteiger partial charge on any atom is 0.460 e. The number of hydrogen-bond donors (Lipinski definition) is 1. The Hall–Kier alpha value is -1.04. The van der Waals surface area contributed by atoms with Crippen LogP contribution in [0.5, 0.6) is 0 Å². The van der Waals surface area contributed by atoms with E-state index in [2.05, 4.69) is 9.47 Å². The average Bonchev–Trinajstić information content (AvgIpc) is 2.67. The fourth-order valence-corrected chi connectivity index (χ4v) is 2.19. The second-order valence-corrected chi connectivity index (χ2v) is 6.86. The number of aliphatic hydroxyl groups is 1. The van der Waals surface area contributed by atoms with Gasteiger partial charge in [-0.05, 0) is 12.8 Å². The molecular formula is C19H29F8NO4Sn. The van der Waals surface area contributed by atoms with E-state index < -0.39 is 43.1 Å². The second kappa shape index (κ2) is 18.3. The Morgan fingerprint density at radius 1 is 0.939 bits per heavy atom. The molecule has 0 aliphatic carbocycles. The summed E-state index contributed by atoms with van der Waals surface area (Å²) in [4.78, 5) is 11.6. The molecule has 0 spiro atoms. The predicted molar refractivity (Wildman–Crippen MR) is 103 cm³/mol. The quantitative estimate of drug-likeness (QED) is 0.0907. The van der Waals surface area contributed by atoms with Crippen molar-refractivity contribution in [3.63, 3.8) is 0 Å². The van der Waals surface area contributed by atoms with Gasteiger partial charge in [-0.3, -0.25) is 0 Å². The third-order valence-corrected chi connectivity index (χ3v) is 4.02. The third-order valence-electron chi connectivity index (χ3n) is 4.02. The van der Waals surface area contributed by atoms with Crippen molar-refractivity contribution in [1.29, 1.82) is 5.26 Å². The molecule has 0 amide bonds. The van der Waals surface area contributed by atoms with Gasteiger partial charge in [0.2, 0.25) is 6.10 Å². The van der Waals surface area contributed by atoms with Gasteiger partial charge in [-0.25, -0.2) is 9.18 Å². The molecule has 0 saturated heterocycles. The average molecular weight is 606 g/mol. The standard InChI is InChI=1S/C15H20F7NO3.C4H9FO.Sn/c1-2-3-4-5-6-7-8-11(26-10-23)12(24)25-9-13(16,17)14(18,19)15(20,21)22;1-2-3-4(5)6;/h11H,2-9H2,1H3;4,6H,2-3H2,1H3;. The number of unbranched alkanes of at least 4 members (excludes halogenated alkanes) is 5. The fraction of sp³-hybridized carbons (Fsp3) is 0.895. The molecular weight excluding hydrogens is 577 g/mol. The topological polar surface area (TPSA) is 79.5 Å². The van der Waals surface area contributed by atoms with E-state index in [0.717, 1.165) is 31.9 Å². The minimum atomic E-state index is -6.51. The zero-order chi connectivity index (χ0) is 25.4. The number of nitrogens with zero attached hydrogens (tertiary/aromatic N) is 1. The van der Waals surface area contributed by atoms with Gasteiger partial charge in [0.25, 0.3) is 6.26 Å². The normalized spacial score (nSPS) is 13.5. The maximum absolute atomic E-state index is 13.1. The van der Waals surface area contributed by atoms with Crippen molar-refractivity contribution in [2.24, 2.45) is 0 Å². The van der Waals surface area contributed by atoms with Crippen molar-refractivity contribution in [2.45, 2.75) is 102 Å². The Kier molecular flexibility index (Phi) is 20.3. The van der Waals surface area contributed by atoms with Crippen LogP contribution in [0.4, 0.5) is 35.1 Å². The molecule has 2 unspecified atom stereocenters. The fourth-order valence-electron chi connectivity index (χ4n) is 2.19. The zero-order valence-corrected chi connectivity index (χ0v) is 21.2. The number of carbonyl (C=O) groups is 1. The number of halogens is 8. The monoisotopic (exact) mass is 607 g/mol. The number of hydrogen-bond acceptors (Lipinski definition) is 5. The Bertz CT molecular complexity index is 557. The van der Waals surface area contributed by atoms with Crippen molar-refractivity contribution in [3.05, 3.63) is 0 Å². The number of ether oxygens (including phenoxy) is 2. The summed E-state index contributed by atoms with van der Waals surface area (Å²) >= 11 is 0. The summed E-state index contributed by atoms with van der Waals surface area (Å²) in [6.45, 7) is 1.34. The van der Waals surface area contributed by atoms with E-state index in [1.165, 1.54) is 0 Å². The second-order valence-electron chi connectivity index (χ2n) is 6.86. The molecule has 0 heterocycles. The van der Waals surface area contributed by atoms with Gasteiger partial charge in [-0.1, -0.05) is 52.4 Å². The largest absolute Gasteiger partial charge is 0.460 e. The van der Waals surface area contributed by atoms with E-state index >= 15 is 0 Å². The van der Waals surface area contributed by atoms with Gasteiger partial charge >= 0.3 is 24.0 Å². The predicted octanol–water partition coefficient (Wildman–Crippen LogP) is 5.67. The number of aliphatic hydroxyl groups excluding tert-OH is 1. The van der Waals surface area contributed by atoms with Crippen LogP contribution in [0.15, 0.2) is 0 Å². The molecule has 5 nitrogen and oxygen atoms in total. The van der Waals surface area contributed by atoms with Gasteiger partial charge in [0, 0.05) is 30.3 Å². The molecule has 4 radical (unpaired) electrons. The van der Waals surface area contributed by atoms with Crippen LogP contribution in [0.25, 0.3) is 0 Å². The SMILES string of the molecule is CCCC(O)F.CCCCCCCCC(OC#N)C(=O)OCC(F)(F)C(F)(F)C(F)(F)F.[Sn]. The van der Waals surface area contributed by atoms with E-state index in [1.807, 2.05) is 13.8 Å². The van der Waals surface area contributed by atoms with Crippen molar-refractivity contribution in [3.8, 4) is 6.26 Å². The van der Waals surface area contributed by atoms with Crippen molar-refractivity contribution >= 4 is 29.9 Å². The number of nitriles is 1. The summed E-state index contributed by atoms with van der Waals surface area (Å²) in [6, 6.07) is 0. The minimum Gasteiger partial charge on any atom is -0.456 e. The number of carbonyl (C=O) groups excluding carboxylic acids is 1. The van der Waals surface area contributed by atoms with Crippen molar-refractivity contribution < 1.29 is 54.5 Å². The Labute approximate surface area is 204 Å². The first-order chi connectivity index (χ1) is 14.7. The van der Waals surface area contributed by atoms with Crippen LogP contribution < -0.4 is 0 Å². The molecule has 0 aromatic heterocycles. The molecule has 0 saturated carbocycles. The van der Waals surface area contributed by atoms with Gasteiger partial charge in [0.1, 0.15) is 0 Å². The smallest absolute Gasteiger partial charge is 0.456 e. The molecule has 194 valence electrons. The van der Waals surface area contributed by atoms with Gasteiger partial charge in [-0.2, -0.15) is 36.0 Å². The van der Waals surface area contributed by atoms with Crippen LogP contribution in [-0.2, 0) is 14.3 Å². The minimum absolute atomic E-state index is 0. The number of alkyl halides is 8. The molecule has 0 aliphatic heterocycles. The molecule has 33 heavy (non-hydrogen) atoms. The summed E-state index contributed by atoms with van der Waals surface area (Å²) in [5, 5.41) is 16.3. The van der Waals surface area contributed by atoms with E-state index in [0.29, 0.717) is 19.3 Å². The zero-order valence-electron chi connectivity index (χ0n) is 18.4. The molecule has 14 heteroatoms. The van der Waals surface area contributed by atoms with Crippen LogP contribution in [0, 0.1) is 11.5 Å². The summed E-state index contributed by atoms with van der Waals surface area (Å²) in [5.41, 5.74) is 0. The van der Waals surface area contributed by atoms with E-state index in [9.17, 15) is 39.9 Å². The van der Waals surface area contributed by atoms with Gasteiger partial charge in [-0.15, -0.1) is 0 Å². The molecule has 0 rings (SSSR count). The first kappa shape index (κ1) is 36.5. The molecule has 0 fully saturated rings. The molecule has 0 bridgehead atoms. The van der Waals surface area contributed by atoms with E-state index in [1.54, 1.807) is 0 Å². The Morgan fingerprint density at radius 3 is 1.85 bits per heavy atom. The molecule has 0 aliphatic rings. The molecule has 0 aromatic rings. The first-order valence-corrected chi connectivity index (χ1v) is 10.0. The third kappa shape index (κ3) is 15.5. The van der Waals surface area contributed by atoms with Crippen molar-refractivity contribution in [2.75, 3.05) is 6.61 Å². The molecule has 1 N–H and O–H groups in total. The number of esters is 1. The van der Waals surface area contributed by atoms with Crippen LogP contribution in [0.2, 0.25) is 0 Å². The molecule has 2 atom stereocenters. The van der Waals surface area contributed by atoms with E-state index in [4.69, 9.17) is 10.4 Å². The van der Waals surface area contributed by atoms with Crippen LogP contribution >= 0.6 is 0 Å². The van der Waals surface area contributed by atoms with Gasteiger partial charge in [0.05, 0.1) is 0 Å². The van der Waals surface area contributed by atoms with Crippen LogP contribution in [0.1, 0.15) is 71.6 Å². The summed E-state index contributed by atoms with van der Waals surface area (Å²) < 4.78 is 107. The van der Waals surface area contributed by atoms with Crippen LogP contribution in [-0.4, -0.2) is 72.1 Å². The summed E-state index contributed by atoms with van der Waals surface area (Å²) in [6.07, 6.45) is -2.99. The van der Waals surface area contributed by atoms with Gasteiger partial charge in [0.15, 0.2) is 13.0 Å². The summed E-state index contributed by atoms with van der Waals surface area (Å²) in [5.74, 6) is -13.6. The first-order valence-electron chi connectivity index (χ1n) is 10.0.